The Morgan fingerprint density at radius 2 is 1.42 bits per heavy atom. The molecule has 0 aliphatic rings. The SMILES string of the molecule is CCCC[N+](CCCC)(CCCC)C(CC(C)O)CC(C)(CC)C(=O)[O-]. The van der Waals surface area contributed by atoms with Crippen molar-refractivity contribution in [1.29, 1.82) is 0 Å². The number of rotatable bonds is 16. The molecule has 0 saturated carbocycles. The Morgan fingerprint density at radius 1 is 1.00 bits per heavy atom. The molecule has 0 aliphatic carbocycles. The highest BCUT2D eigenvalue weighted by molar-refractivity contribution is 5.71. The van der Waals surface area contributed by atoms with Gasteiger partial charge in [0.2, 0.25) is 0 Å². The number of hydrogen-bond acceptors (Lipinski definition) is 3. The highest BCUT2D eigenvalue weighted by Crippen LogP contribution is 2.35. The van der Waals surface area contributed by atoms with Crippen molar-refractivity contribution in [2.24, 2.45) is 5.41 Å². The summed E-state index contributed by atoms with van der Waals surface area (Å²) in [4.78, 5) is 11.9. The first-order chi connectivity index (χ1) is 12.2. The number of carbonyl (C=O) groups excluding carboxylic acids is 1. The van der Waals surface area contributed by atoms with Crippen molar-refractivity contribution in [2.75, 3.05) is 19.6 Å². The average molecular weight is 372 g/mol. The summed E-state index contributed by atoms with van der Waals surface area (Å²) >= 11 is 0. The molecule has 0 fully saturated rings. The molecule has 0 aliphatic heterocycles. The molecular formula is C22H45NO3. The molecule has 0 bridgehead atoms. The molecule has 0 aromatic heterocycles. The van der Waals surface area contributed by atoms with Crippen molar-refractivity contribution >= 4 is 5.97 Å². The molecule has 0 aromatic carbocycles. The van der Waals surface area contributed by atoms with Gasteiger partial charge in [-0.3, -0.25) is 0 Å². The summed E-state index contributed by atoms with van der Waals surface area (Å²) in [5.74, 6) is -0.949. The van der Waals surface area contributed by atoms with Gasteiger partial charge in [-0.2, -0.15) is 0 Å². The summed E-state index contributed by atoms with van der Waals surface area (Å²) in [7, 11) is 0. The third-order valence-corrected chi connectivity index (χ3v) is 6.22. The van der Waals surface area contributed by atoms with Crippen molar-refractivity contribution in [2.45, 2.75) is 111 Å². The number of aliphatic carboxylic acids is 1. The molecule has 0 spiro atoms. The zero-order valence-electron chi connectivity index (χ0n) is 18.4. The van der Waals surface area contributed by atoms with Crippen LogP contribution < -0.4 is 5.11 Å². The Bertz CT molecular complexity index is 362. The lowest BCUT2D eigenvalue weighted by molar-refractivity contribution is -0.953. The topological polar surface area (TPSA) is 60.4 Å². The van der Waals surface area contributed by atoms with Crippen LogP contribution in [0, 0.1) is 5.41 Å². The minimum Gasteiger partial charge on any atom is -0.550 e. The first-order valence-corrected chi connectivity index (χ1v) is 11.0. The van der Waals surface area contributed by atoms with Crippen LogP contribution in [0.5, 0.6) is 0 Å². The second kappa shape index (κ2) is 12.7. The molecule has 4 nitrogen and oxygen atoms in total. The van der Waals surface area contributed by atoms with Crippen molar-refractivity contribution in [3.05, 3.63) is 0 Å². The van der Waals surface area contributed by atoms with E-state index in [-0.39, 0.29) is 6.04 Å². The number of quaternary nitrogens is 1. The number of aliphatic hydroxyl groups excluding tert-OH is 1. The normalized spacial score (nSPS) is 16.9. The lowest BCUT2D eigenvalue weighted by Crippen LogP contribution is -2.60. The Labute approximate surface area is 162 Å². The van der Waals surface area contributed by atoms with E-state index in [0.29, 0.717) is 19.3 Å². The Kier molecular flexibility index (Phi) is 12.4. The van der Waals surface area contributed by atoms with E-state index < -0.39 is 17.5 Å². The van der Waals surface area contributed by atoms with E-state index in [1.165, 1.54) is 0 Å². The van der Waals surface area contributed by atoms with E-state index in [2.05, 4.69) is 20.8 Å². The maximum absolute atomic E-state index is 11.9. The van der Waals surface area contributed by atoms with Crippen LogP contribution in [0.3, 0.4) is 0 Å². The average Bonchev–Trinajstić information content (AvgIpc) is 2.60. The fourth-order valence-electron chi connectivity index (χ4n) is 4.09. The minimum absolute atomic E-state index is 0.169. The molecule has 156 valence electrons. The molecule has 0 rings (SSSR count). The number of carboxylic acid groups (broad SMARTS) is 1. The zero-order chi connectivity index (χ0) is 20.2. The van der Waals surface area contributed by atoms with Crippen molar-refractivity contribution in [3.8, 4) is 0 Å². The van der Waals surface area contributed by atoms with E-state index in [1.54, 1.807) is 0 Å². The van der Waals surface area contributed by atoms with Crippen molar-refractivity contribution in [3.63, 3.8) is 0 Å². The molecule has 1 N–H and O–H groups in total. The number of nitrogens with zero attached hydrogens (tertiary/aromatic N) is 1. The number of aliphatic hydroxyl groups is 1. The summed E-state index contributed by atoms with van der Waals surface area (Å²) < 4.78 is 0.962. The van der Waals surface area contributed by atoms with Gasteiger partial charge in [0.05, 0.1) is 31.8 Å². The van der Waals surface area contributed by atoms with Gasteiger partial charge < -0.3 is 19.5 Å². The lowest BCUT2D eigenvalue weighted by atomic mass is 9.78. The van der Waals surface area contributed by atoms with Gasteiger partial charge in [0, 0.05) is 24.2 Å². The second-order valence-corrected chi connectivity index (χ2v) is 8.59. The molecule has 0 heterocycles. The highest BCUT2D eigenvalue weighted by atomic mass is 16.4. The van der Waals surface area contributed by atoms with Crippen LogP contribution >= 0.6 is 0 Å². The third-order valence-electron chi connectivity index (χ3n) is 6.22. The van der Waals surface area contributed by atoms with Crippen LogP contribution in [0.25, 0.3) is 0 Å². The highest BCUT2D eigenvalue weighted by Gasteiger charge is 2.41. The first-order valence-electron chi connectivity index (χ1n) is 11.0. The standard InChI is InChI=1S/C22H45NO3/c1-7-11-14-23(15-12-8-2,16-13-9-3)20(17-19(5)24)18-22(6,10-4)21(25)26/h19-20,24H,7-18H2,1-6H3. The van der Waals surface area contributed by atoms with Gasteiger partial charge in [-0.1, -0.05) is 53.9 Å². The molecule has 0 radical (unpaired) electrons. The van der Waals surface area contributed by atoms with E-state index >= 15 is 0 Å². The van der Waals surface area contributed by atoms with Crippen LogP contribution in [0.15, 0.2) is 0 Å². The fourth-order valence-corrected chi connectivity index (χ4v) is 4.09. The van der Waals surface area contributed by atoms with Gasteiger partial charge in [-0.15, -0.1) is 0 Å². The first kappa shape index (κ1) is 25.4. The molecule has 4 heteroatoms. The van der Waals surface area contributed by atoms with E-state index in [1.807, 2.05) is 20.8 Å². The van der Waals surface area contributed by atoms with Crippen LogP contribution in [0.1, 0.15) is 99.3 Å². The third kappa shape index (κ3) is 7.96. The summed E-state index contributed by atoms with van der Waals surface area (Å²) in [5, 5.41) is 22.1. The molecule has 3 atom stereocenters. The Hall–Kier alpha value is -0.610. The molecule has 0 aromatic rings. The maximum atomic E-state index is 11.9. The molecule has 26 heavy (non-hydrogen) atoms. The zero-order valence-corrected chi connectivity index (χ0v) is 18.4. The van der Waals surface area contributed by atoms with Crippen molar-refractivity contribution < 1.29 is 19.5 Å². The summed E-state index contributed by atoms with van der Waals surface area (Å²) in [5.41, 5.74) is -0.826. The Morgan fingerprint density at radius 3 is 1.69 bits per heavy atom. The predicted molar refractivity (Wildman–Crippen MR) is 108 cm³/mol. The van der Waals surface area contributed by atoms with Gasteiger partial charge in [0.15, 0.2) is 0 Å². The van der Waals surface area contributed by atoms with Crippen molar-refractivity contribution in [1.82, 2.24) is 0 Å². The summed E-state index contributed by atoms with van der Waals surface area (Å²) in [6, 6.07) is 0.169. The number of hydrogen-bond donors (Lipinski definition) is 1. The van der Waals surface area contributed by atoms with Crippen LogP contribution in [-0.4, -0.2) is 47.3 Å². The Balaban J connectivity index is 5.87. The van der Waals surface area contributed by atoms with Crippen LogP contribution in [-0.2, 0) is 4.79 Å². The smallest absolute Gasteiger partial charge is 0.0924 e. The van der Waals surface area contributed by atoms with E-state index in [4.69, 9.17) is 0 Å². The fraction of sp³-hybridized carbons (Fsp3) is 0.955. The van der Waals surface area contributed by atoms with Gasteiger partial charge in [-0.25, -0.2) is 0 Å². The lowest BCUT2D eigenvalue weighted by Gasteiger charge is -2.49. The number of unbranched alkanes of at least 4 members (excludes halogenated alkanes) is 3. The van der Waals surface area contributed by atoms with Gasteiger partial charge in [-0.05, 0) is 32.6 Å². The minimum atomic E-state index is -0.949. The molecular weight excluding hydrogens is 326 g/mol. The van der Waals surface area contributed by atoms with Gasteiger partial charge in [0.25, 0.3) is 0 Å². The monoisotopic (exact) mass is 371 g/mol. The van der Waals surface area contributed by atoms with Gasteiger partial charge >= 0.3 is 0 Å². The molecule has 3 unspecified atom stereocenters. The second-order valence-electron chi connectivity index (χ2n) is 8.59. The molecule has 0 amide bonds. The quantitative estimate of drug-likeness (QED) is 0.419. The predicted octanol–water partition coefficient (Wildman–Crippen LogP) is 3.90. The maximum Gasteiger partial charge on any atom is 0.0924 e. The van der Waals surface area contributed by atoms with E-state index in [0.717, 1.165) is 62.6 Å². The largest absolute Gasteiger partial charge is 0.550 e. The summed E-state index contributed by atoms with van der Waals surface area (Å²) in [6.07, 6.45) is 8.30. The summed E-state index contributed by atoms with van der Waals surface area (Å²) in [6.45, 7) is 15.5. The van der Waals surface area contributed by atoms with Gasteiger partial charge in [0.1, 0.15) is 0 Å². The van der Waals surface area contributed by atoms with Crippen LogP contribution in [0.2, 0.25) is 0 Å². The number of carboxylic acids is 1. The number of carbonyl (C=O) groups is 1. The van der Waals surface area contributed by atoms with Crippen LogP contribution in [0.4, 0.5) is 0 Å². The van der Waals surface area contributed by atoms with E-state index in [9.17, 15) is 15.0 Å². The molecule has 0 saturated heterocycles.